The Morgan fingerprint density at radius 2 is 2.00 bits per heavy atom. The molecule has 0 bridgehead atoms. The highest BCUT2D eigenvalue weighted by Gasteiger charge is 2.38. The fraction of sp³-hybridized carbons (Fsp3) is 0.318. The average molecular weight is 397 g/mol. The van der Waals surface area contributed by atoms with Crippen LogP contribution in [-0.4, -0.2) is 45.6 Å². The van der Waals surface area contributed by atoms with Crippen LogP contribution in [0.4, 0.5) is 8.78 Å². The van der Waals surface area contributed by atoms with E-state index >= 15 is 0 Å². The third-order valence-corrected chi connectivity index (χ3v) is 5.59. The lowest BCUT2D eigenvalue weighted by atomic mass is 9.75. The van der Waals surface area contributed by atoms with Crippen molar-refractivity contribution in [1.29, 1.82) is 0 Å². The van der Waals surface area contributed by atoms with Crippen LogP contribution in [0.3, 0.4) is 0 Å². The second-order valence-corrected chi connectivity index (χ2v) is 7.63. The summed E-state index contributed by atoms with van der Waals surface area (Å²) in [7, 11) is 0. The first-order chi connectivity index (χ1) is 14.0. The van der Waals surface area contributed by atoms with E-state index in [9.17, 15) is 18.7 Å². The summed E-state index contributed by atoms with van der Waals surface area (Å²) in [5.41, 5.74) is 1.29. The number of nitrogens with zero attached hydrogens (tertiary/aromatic N) is 3. The molecule has 4 rings (SSSR count). The molecule has 2 aromatic carbocycles. The summed E-state index contributed by atoms with van der Waals surface area (Å²) >= 11 is 0. The fourth-order valence-electron chi connectivity index (χ4n) is 4.12. The summed E-state index contributed by atoms with van der Waals surface area (Å²) in [5.74, 6) is -1.46. The van der Waals surface area contributed by atoms with Crippen molar-refractivity contribution >= 4 is 16.9 Å². The van der Waals surface area contributed by atoms with Crippen molar-refractivity contribution in [1.82, 2.24) is 14.9 Å². The first-order valence-corrected chi connectivity index (χ1v) is 9.55. The van der Waals surface area contributed by atoms with Gasteiger partial charge in [0.2, 0.25) is 0 Å². The first-order valence-electron chi connectivity index (χ1n) is 9.55. The zero-order chi connectivity index (χ0) is 20.4. The summed E-state index contributed by atoms with van der Waals surface area (Å²) < 4.78 is 27.4. The highest BCUT2D eigenvalue weighted by molar-refractivity contribution is 6.04. The maximum absolute atomic E-state index is 14.2. The predicted octanol–water partition coefficient (Wildman–Crippen LogP) is 3.37. The molecule has 1 unspecified atom stereocenters. The van der Waals surface area contributed by atoms with Gasteiger partial charge in [-0.1, -0.05) is 12.1 Å². The number of piperidine rings is 1. The van der Waals surface area contributed by atoms with Crippen LogP contribution in [0, 0.1) is 17.0 Å². The third-order valence-electron chi connectivity index (χ3n) is 5.59. The van der Waals surface area contributed by atoms with Gasteiger partial charge < -0.3 is 10.0 Å². The van der Waals surface area contributed by atoms with Gasteiger partial charge in [-0.25, -0.2) is 8.78 Å². The van der Waals surface area contributed by atoms with E-state index in [-0.39, 0.29) is 25.5 Å². The molecule has 1 atom stereocenters. The van der Waals surface area contributed by atoms with Crippen molar-refractivity contribution in [3.8, 4) is 0 Å². The molecule has 150 valence electrons. The molecule has 0 spiro atoms. The minimum absolute atomic E-state index is 0.187. The number of fused-ring (bicyclic) bond motifs is 1. The highest BCUT2D eigenvalue weighted by atomic mass is 19.1. The van der Waals surface area contributed by atoms with Gasteiger partial charge in [-0.15, -0.1) is 0 Å². The third kappa shape index (κ3) is 3.82. The number of aliphatic hydroxyl groups is 1. The molecular weight excluding hydrogens is 376 g/mol. The molecule has 0 saturated carbocycles. The molecule has 7 heteroatoms. The van der Waals surface area contributed by atoms with Crippen LogP contribution in [0.2, 0.25) is 0 Å². The van der Waals surface area contributed by atoms with E-state index in [0.717, 1.165) is 6.07 Å². The van der Waals surface area contributed by atoms with E-state index in [4.69, 9.17) is 0 Å². The second kappa shape index (κ2) is 7.83. The number of rotatable bonds is 4. The summed E-state index contributed by atoms with van der Waals surface area (Å²) in [6, 6.07) is 8.74. The average Bonchev–Trinajstić information content (AvgIpc) is 2.75. The van der Waals surface area contributed by atoms with Crippen molar-refractivity contribution in [3.63, 3.8) is 0 Å². The van der Waals surface area contributed by atoms with Crippen LogP contribution < -0.4 is 0 Å². The maximum Gasteiger partial charge on any atom is 0.256 e. The summed E-state index contributed by atoms with van der Waals surface area (Å²) in [6.07, 6.45) is 4.69. The molecule has 1 saturated heterocycles. The Labute approximate surface area is 167 Å². The quantitative estimate of drug-likeness (QED) is 0.733. The number of benzene rings is 2. The molecule has 1 N–H and O–H groups in total. The smallest absolute Gasteiger partial charge is 0.256 e. The van der Waals surface area contributed by atoms with Crippen molar-refractivity contribution in [2.24, 2.45) is 5.41 Å². The van der Waals surface area contributed by atoms with Gasteiger partial charge in [-0.3, -0.25) is 14.8 Å². The molecule has 0 aliphatic carbocycles. The first kappa shape index (κ1) is 19.4. The fourth-order valence-corrected chi connectivity index (χ4v) is 4.12. The van der Waals surface area contributed by atoms with E-state index < -0.39 is 17.0 Å². The van der Waals surface area contributed by atoms with Crippen LogP contribution >= 0.6 is 0 Å². The minimum atomic E-state index is -0.678. The lowest BCUT2D eigenvalue weighted by Gasteiger charge is -2.42. The van der Waals surface area contributed by atoms with Gasteiger partial charge >= 0.3 is 0 Å². The minimum Gasteiger partial charge on any atom is -0.396 e. The van der Waals surface area contributed by atoms with Gasteiger partial charge in [0.15, 0.2) is 0 Å². The number of aromatic nitrogens is 2. The van der Waals surface area contributed by atoms with E-state index in [1.165, 1.54) is 12.1 Å². The largest absolute Gasteiger partial charge is 0.396 e. The number of aliphatic hydroxyl groups excluding tert-OH is 1. The van der Waals surface area contributed by atoms with Gasteiger partial charge in [0, 0.05) is 37.0 Å². The molecule has 1 aromatic heterocycles. The monoisotopic (exact) mass is 397 g/mol. The van der Waals surface area contributed by atoms with E-state index in [1.54, 1.807) is 35.5 Å². The Morgan fingerprint density at radius 1 is 1.17 bits per heavy atom. The molecule has 1 aliphatic heterocycles. The second-order valence-electron chi connectivity index (χ2n) is 7.63. The number of amides is 1. The Morgan fingerprint density at radius 3 is 2.79 bits per heavy atom. The lowest BCUT2D eigenvalue weighted by molar-refractivity contribution is 0.0269. The van der Waals surface area contributed by atoms with Crippen molar-refractivity contribution < 1.29 is 18.7 Å². The number of halogens is 2. The Bertz CT molecular complexity index is 1050. The van der Waals surface area contributed by atoms with Gasteiger partial charge in [0.25, 0.3) is 5.91 Å². The van der Waals surface area contributed by atoms with E-state index in [0.29, 0.717) is 41.5 Å². The molecule has 1 aliphatic rings. The molecule has 2 heterocycles. The summed E-state index contributed by atoms with van der Waals surface area (Å²) in [5, 5.41) is 10.1. The standard InChI is InChI=1S/C22H21F2N3O2/c23-16-6-5-15(18(24)11-16)12-22(14-28)7-2-10-27(13-22)21(29)17-3-1-4-19-20(17)26-9-8-25-19/h1,3-6,8-9,11,28H,2,7,10,12-14H2. The SMILES string of the molecule is O=C(c1cccc2nccnc12)N1CCCC(CO)(Cc2ccc(F)cc2F)C1. The van der Waals surface area contributed by atoms with Gasteiger partial charge in [0.1, 0.15) is 17.2 Å². The topological polar surface area (TPSA) is 66.3 Å². The van der Waals surface area contributed by atoms with Crippen molar-refractivity contribution in [2.75, 3.05) is 19.7 Å². The number of hydrogen-bond donors (Lipinski definition) is 1. The number of carbonyl (C=O) groups excluding carboxylic acids is 1. The highest BCUT2D eigenvalue weighted by Crippen LogP contribution is 2.35. The van der Waals surface area contributed by atoms with Crippen LogP contribution in [0.15, 0.2) is 48.8 Å². The van der Waals surface area contributed by atoms with Gasteiger partial charge in [-0.05, 0) is 43.0 Å². The lowest BCUT2D eigenvalue weighted by Crippen LogP contribution is -2.49. The zero-order valence-corrected chi connectivity index (χ0v) is 15.8. The number of likely N-dealkylation sites (tertiary alicyclic amines) is 1. The van der Waals surface area contributed by atoms with Crippen LogP contribution in [0.5, 0.6) is 0 Å². The van der Waals surface area contributed by atoms with Crippen LogP contribution in [0.1, 0.15) is 28.8 Å². The van der Waals surface area contributed by atoms with Crippen molar-refractivity contribution in [2.45, 2.75) is 19.3 Å². The van der Waals surface area contributed by atoms with E-state index in [2.05, 4.69) is 9.97 Å². The normalized spacial score (nSPS) is 19.5. The van der Waals surface area contributed by atoms with Crippen LogP contribution in [-0.2, 0) is 6.42 Å². The Hall–Kier alpha value is -2.93. The molecule has 29 heavy (non-hydrogen) atoms. The molecule has 1 fully saturated rings. The van der Waals surface area contributed by atoms with Gasteiger partial charge in [0.05, 0.1) is 17.7 Å². The molecule has 1 amide bonds. The molecule has 0 radical (unpaired) electrons. The number of hydrogen-bond acceptors (Lipinski definition) is 4. The summed E-state index contributed by atoms with van der Waals surface area (Å²) in [4.78, 5) is 23.5. The Kier molecular flexibility index (Phi) is 5.24. The zero-order valence-electron chi connectivity index (χ0n) is 15.8. The number of carbonyl (C=O) groups is 1. The Balaban J connectivity index is 1.61. The summed E-state index contributed by atoms with van der Waals surface area (Å²) in [6.45, 7) is 0.641. The number of para-hydroxylation sites is 1. The molecule has 3 aromatic rings. The molecule has 5 nitrogen and oxygen atoms in total. The van der Waals surface area contributed by atoms with Crippen LogP contribution in [0.25, 0.3) is 11.0 Å². The van der Waals surface area contributed by atoms with Gasteiger partial charge in [-0.2, -0.15) is 0 Å². The van der Waals surface area contributed by atoms with E-state index in [1.807, 2.05) is 0 Å². The molecular formula is C22H21F2N3O2. The van der Waals surface area contributed by atoms with Crippen molar-refractivity contribution in [3.05, 3.63) is 71.6 Å². The predicted molar refractivity (Wildman–Crippen MR) is 104 cm³/mol. The maximum atomic E-state index is 14.2.